The molecular weight excluding hydrogens is 342 g/mol. The van der Waals surface area contributed by atoms with Gasteiger partial charge in [0.25, 0.3) is 5.91 Å². The maximum Gasteiger partial charge on any atom is 0.324 e. The van der Waals surface area contributed by atoms with E-state index in [0.29, 0.717) is 11.5 Å². The van der Waals surface area contributed by atoms with Gasteiger partial charge in [-0.25, -0.2) is 4.79 Å². The molecule has 0 bridgehead atoms. The van der Waals surface area contributed by atoms with Crippen LogP contribution in [-0.2, 0) is 11.3 Å². The molecule has 138 valence electrons. The van der Waals surface area contributed by atoms with E-state index < -0.39 is 0 Å². The van der Waals surface area contributed by atoms with Gasteiger partial charge in [-0.05, 0) is 42.0 Å². The van der Waals surface area contributed by atoms with Crippen molar-refractivity contribution in [3.63, 3.8) is 0 Å². The smallest absolute Gasteiger partial charge is 0.324 e. The van der Waals surface area contributed by atoms with Crippen LogP contribution in [-0.4, -0.2) is 29.3 Å². The Morgan fingerprint density at radius 3 is 2.37 bits per heavy atom. The minimum Gasteiger partial charge on any atom is -0.345 e. The molecule has 27 heavy (non-hydrogen) atoms. The third-order valence-electron chi connectivity index (χ3n) is 5.03. The summed E-state index contributed by atoms with van der Waals surface area (Å²) in [6.07, 6.45) is 2.26. The van der Waals surface area contributed by atoms with E-state index in [0.717, 1.165) is 24.0 Å². The highest BCUT2D eigenvalue weighted by molar-refractivity contribution is 6.01. The molecule has 0 radical (unpaired) electrons. The van der Waals surface area contributed by atoms with E-state index in [2.05, 4.69) is 10.6 Å². The lowest BCUT2D eigenvalue weighted by molar-refractivity contribution is -0.125. The minimum atomic E-state index is -0.378. The number of urea groups is 1. The molecule has 0 aromatic heterocycles. The summed E-state index contributed by atoms with van der Waals surface area (Å²) in [4.78, 5) is 37.1. The Hall–Kier alpha value is -3.15. The average molecular weight is 363 g/mol. The van der Waals surface area contributed by atoms with Crippen LogP contribution < -0.4 is 10.6 Å². The van der Waals surface area contributed by atoms with Crippen LogP contribution in [0.4, 0.5) is 4.79 Å². The van der Waals surface area contributed by atoms with Crippen molar-refractivity contribution in [2.75, 3.05) is 6.54 Å². The Labute approximate surface area is 157 Å². The van der Waals surface area contributed by atoms with Crippen LogP contribution in [0.25, 0.3) is 0 Å². The first-order chi connectivity index (χ1) is 13.1. The molecule has 1 saturated heterocycles. The van der Waals surface area contributed by atoms with Crippen molar-refractivity contribution < 1.29 is 14.4 Å². The first-order valence-corrected chi connectivity index (χ1v) is 9.15. The summed E-state index contributed by atoms with van der Waals surface area (Å²) in [5, 5.41) is 5.65. The summed E-state index contributed by atoms with van der Waals surface area (Å²) in [5.74, 6) is 0.143. The van der Waals surface area contributed by atoms with Crippen LogP contribution in [0.3, 0.4) is 0 Å². The van der Waals surface area contributed by atoms with Gasteiger partial charge in [-0.1, -0.05) is 42.5 Å². The quantitative estimate of drug-likeness (QED) is 0.775. The molecule has 6 nitrogen and oxygen atoms in total. The highest BCUT2D eigenvalue weighted by Gasteiger charge is 2.33. The van der Waals surface area contributed by atoms with Crippen LogP contribution in [0.2, 0.25) is 0 Å². The number of nitrogens with one attached hydrogen (secondary N) is 2. The fraction of sp³-hybridized carbons (Fsp3) is 0.286. The molecule has 2 aromatic rings. The van der Waals surface area contributed by atoms with E-state index in [1.165, 1.54) is 4.90 Å². The molecule has 1 aliphatic carbocycles. The maximum atomic E-state index is 12.7. The largest absolute Gasteiger partial charge is 0.345 e. The normalized spacial score (nSPS) is 17.6. The molecule has 1 saturated carbocycles. The van der Waals surface area contributed by atoms with Crippen LogP contribution >= 0.6 is 0 Å². The van der Waals surface area contributed by atoms with Gasteiger partial charge in [0.1, 0.15) is 0 Å². The summed E-state index contributed by atoms with van der Waals surface area (Å²) in [5.41, 5.74) is 2.50. The summed E-state index contributed by atoms with van der Waals surface area (Å²) in [7, 11) is 0. The number of hydrogen-bond acceptors (Lipinski definition) is 3. The van der Waals surface area contributed by atoms with Crippen molar-refractivity contribution in [3.8, 4) is 0 Å². The SMILES string of the molecule is O=C(N[C@H](c1ccccc1)C1CC1)c1ccc(CN2C(=O)CNC2=O)cc1. The van der Waals surface area contributed by atoms with Crippen molar-refractivity contribution in [1.29, 1.82) is 0 Å². The standard InChI is InChI=1S/C21H21N3O3/c25-18-12-22-21(27)24(18)13-14-6-8-17(9-7-14)20(26)23-19(16-10-11-16)15-4-2-1-3-5-15/h1-9,16,19H,10-13H2,(H,22,27)(H,23,26)/t19-/m1/s1. The molecule has 6 heteroatoms. The Morgan fingerprint density at radius 2 is 1.78 bits per heavy atom. The molecule has 2 fully saturated rings. The zero-order valence-corrected chi connectivity index (χ0v) is 14.9. The molecule has 1 aliphatic heterocycles. The molecule has 0 spiro atoms. The van der Waals surface area contributed by atoms with Gasteiger partial charge in [-0.15, -0.1) is 0 Å². The Kier molecular flexibility index (Phi) is 4.62. The Balaban J connectivity index is 1.43. The number of rotatable bonds is 6. The molecule has 2 N–H and O–H groups in total. The predicted octanol–water partition coefficient (Wildman–Crippen LogP) is 2.62. The van der Waals surface area contributed by atoms with Gasteiger partial charge in [-0.3, -0.25) is 14.5 Å². The molecule has 4 rings (SSSR count). The fourth-order valence-electron chi connectivity index (χ4n) is 3.35. The Bertz CT molecular complexity index is 844. The van der Waals surface area contributed by atoms with E-state index >= 15 is 0 Å². The van der Waals surface area contributed by atoms with Crippen LogP contribution in [0.1, 0.15) is 40.4 Å². The molecule has 1 atom stereocenters. The van der Waals surface area contributed by atoms with Gasteiger partial charge in [0.05, 0.1) is 19.1 Å². The highest BCUT2D eigenvalue weighted by atomic mass is 16.2. The average Bonchev–Trinajstić information content (AvgIpc) is 3.49. The minimum absolute atomic E-state index is 0.0318. The topological polar surface area (TPSA) is 78.5 Å². The van der Waals surface area contributed by atoms with Crippen LogP contribution in [0.5, 0.6) is 0 Å². The molecule has 2 aliphatic rings. The Morgan fingerprint density at radius 1 is 1.07 bits per heavy atom. The van der Waals surface area contributed by atoms with E-state index in [4.69, 9.17) is 0 Å². The summed E-state index contributed by atoms with van der Waals surface area (Å²) >= 11 is 0. The third-order valence-corrected chi connectivity index (χ3v) is 5.03. The number of nitrogens with zero attached hydrogens (tertiary/aromatic N) is 1. The summed E-state index contributed by atoms with van der Waals surface area (Å²) < 4.78 is 0. The van der Waals surface area contributed by atoms with Crippen molar-refractivity contribution in [2.45, 2.75) is 25.4 Å². The zero-order valence-electron chi connectivity index (χ0n) is 14.9. The monoisotopic (exact) mass is 363 g/mol. The molecular formula is C21H21N3O3. The molecule has 0 unspecified atom stereocenters. The van der Waals surface area contributed by atoms with Gasteiger partial charge < -0.3 is 10.6 Å². The lowest BCUT2D eigenvalue weighted by atomic mass is 10.0. The zero-order chi connectivity index (χ0) is 18.8. The lowest BCUT2D eigenvalue weighted by Crippen LogP contribution is -2.31. The van der Waals surface area contributed by atoms with Gasteiger partial charge in [0, 0.05) is 5.56 Å². The van der Waals surface area contributed by atoms with E-state index in [9.17, 15) is 14.4 Å². The van der Waals surface area contributed by atoms with Crippen molar-refractivity contribution in [3.05, 3.63) is 71.3 Å². The number of carbonyl (C=O) groups is 3. The van der Waals surface area contributed by atoms with Crippen molar-refractivity contribution in [1.82, 2.24) is 15.5 Å². The molecule has 2 aromatic carbocycles. The van der Waals surface area contributed by atoms with Crippen LogP contribution in [0.15, 0.2) is 54.6 Å². The summed E-state index contributed by atoms with van der Waals surface area (Å²) in [6.45, 7) is 0.253. The second kappa shape index (κ2) is 7.23. The van der Waals surface area contributed by atoms with Gasteiger partial charge in [0.15, 0.2) is 0 Å². The second-order valence-electron chi connectivity index (χ2n) is 7.03. The molecule has 4 amide bonds. The highest BCUT2D eigenvalue weighted by Crippen LogP contribution is 2.41. The summed E-state index contributed by atoms with van der Waals surface area (Å²) in [6, 6.07) is 16.7. The number of amides is 4. The molecule has 1 heterocycles. The van der Waals surface area contributed by atoms with Gasteiger partial charge in [0.2, 0.25) is 5.91 Å². The number of carbonyl (C=O) groups excluding carboxylic acids is 3. The van der Waals surface area contributed by atoms with Gasteiger partial charge >= 0.3 is 6.03 Å². The third kappa shape index (κ3) is 3.84. The first-order valence-electron chi connectivity index (χ1n) is 9.15. The van der Waals surface area contributed by atoms with E-state index in [1.54, 1.807) is 24.3 Å². The van der Waals surface area contributed by atoms with Gasteiger partial charge in [-0.2, -0.15) is 0 Å². The second-order valence-corrected chi connectivity index (χ2v) is 7.03. The number of imide groups is 1. The fourth-order valence-corrected chi connectivity index (χ4v) is 3.35. The maximum absolute atomic E-state index is 12.7. The van der Waals surface area contributed by atoms with Crippen molar-refractivity contribution in [2.24, 2.45) is 5.92 Å². The van der Waals surface area contributed by atoms with Crippen molar-refractivity contribution >= 4 is 17.8 Å². The van der Waals surface area contributed by atoms with E-state index in [-0.39, 0.29) is 37.0 Å². The predicted molar refractivity (Wildman–Crippen MR) is 99.8 cm³/mol. The van der Waals surface area contributed by atoms with Crippen LogP contribution in [0, 0.1) is 5.92 Å². The first kappa shape index (κ1) is 17.3. The van der Waals surface area contributed by atoms with E-state index in [1.807, 2.05) is 30.3 Å². The lowest BCUT2D eigenvalue weighted by Gasteiger charge is -2.19. The number of hydrogen-bond donors (Lipinski definition) is 2. The number of benzene rings is 2.